The van der Waals surface area contributed by atoms with E-state index in [1.807, 2.05) is 19.1 Å². The molecule has 0 aliphatic carbocycles. The van der Waals surface area contributed by atoms with Crippen molar-refractivity contribution in [3.8, 4) is 0 Å². The number of carbonyl (C=O) groups excluding carboxylic acids is 1. The molecule has 0 aliphatic heterocycles. The van der Waals surface area contributed by atoms with Crippen LogP contribution in [-0.2, 0) is 11.2 Å². The van der Waals surface area contributed by atoms with Gasteiger partial charge in [-0.05, 0) is 18.6 Å². The summed E-state index contributed by atoms with van der Waals surface area (Å²) in [6.07, 6.45) is 0.825. The summed E-state index contributed by atoms with van der Waals surface area (Å²) in [5.74, 6) is -0.206. The maximum atomic E-state index is 11.4. The molecule has 0 aromatic carbocycles. The van der Waals surface area contributed by atoms with Gasteiger partial charge in [0.05, 0.1) is 0 Å². The molecular weight excluding hydrogens is 180 g/mol. The fourth-order valence-corrected chi connectivity index (χ4v) is 1.03. The zero-order valence-electron chi connectivity index (χ0n) is 8.41. The lowest BCUT2D eigenvalue weighted by Crippen LogP contribution is -2.26. The lowest BCUT2D eigenvalue weighted by atomic mass is 10.2. The normalized spacial score (nSPS) is 9.86. The number of hydrogen-bond acceptors (Lipinski definition) is 3. The minimum atomic E-state index is -0.206. The Hall–Kier alpha value is -1.42. The first-order chi connectivity index (χ1) is 6.77. The van der Waals surface area contributed by atoms with Crippen molar-refractivity contribution >= 4 is 5.91 Å². The fraction of sp³-hybridized carbons (Fsp3) is 0.400. The predicted octanol–water partition coefficient (Wildman–Crippen LogP) is 0.978. The zero-order chi connectivity index (χ0) is 10.4. The van der Waals surface area contributed by atoms with E-state index in [1.165, 1.54) is 7.11 Å². The zero-order valence-corrected chi connectivity index (χ0v) is 8.41. The summed E-state index contributed by atoms with van der Waals surface area (Å²) in [5, 5.41) is 2.58. The van der Waals surface area contributed by atoms with Gasteiger partial charge in [0.25, 0.3) is 5.91 Å². The number of nitrogens with zero attached hydrogens (tertiary/aromatic N) is 1. The molecule has 4 nitrogen and oxygen atoms in total. The van der Waals surface area contributed by atoms with Gasteiger partial charge in [-0.25, -0.2) is 4.98 Å². The first-order valence-electron chi connectivity index (χ1n) is 4.51. The van der Waals surface area contributed by atoms with Gasteiger partial charge in [0.15, 0.2) is 0 Å². The van der Waals surface area contributed by atoms with E-state index in [1.54, 1.807) is 6.07 Å². The molecule has 0 saturated heterocycles. The molecule has 4 heteroatoms. The third-order valence-corrected chi connectivity index (χ3v) is 1.78. The lowest BCUT2D eigenvalue weighted by Gasteiger charge is -2.03. The minimum absolute atomic E-state index is 0.205. The van der Waals surface area contributed by atoms with Crippen LogP contribution in [0, 0.1) is 0 Å². The smallest absolute Gasteiger partial charge is 0.271 e. The largest absolute Gasteiger partial charge is 0.364 e. The Bertz CT molecular complexity index is 313. The van der Waals surface area contributed by atoms with Crippen LogP contribution in [0.3, 0.4) is 0 Å². The Morgan fingerprint density at radius 3 is 3.00 bits per heavy atom. The van der Waals surface area contributed by atoms with Crippen molar-refractivity contribution in [2.75, 3.05) is 13.8 Å². The average Bonchev–Trinajstić information content (AvgIpc) is 2.26. The highest BCUT2D eigenvalue weighted by atomic mass is 16.5. The Kier molecular flexibility index (Phi) is 4.07. The molecule has 1 aromatic heterocycles. The number of rotatable bonds is 4. The molecule has 0 saturated carbocycles. The summed E-state index contributed by atoms with van der Waals surface area (Å²) in [6, 6.07) is 5.41. The quantitative estimate of drug-likeness (QED) is 0.727. The van der Waals surface area contributed by atoms with Gasteiger partial charge < -0.3 is 10.1 Å². The van der Waals surface area contributed by atoms with Gasteiger partial charge in [0.1, 0.15) is 12.4 Å². The highest BCUT2D eigenvalue weighted by Crippen LogP contribution is 1.99. The fourth-order valence-electron chi connectivity index (χ4n) is 1.03. The van der Waals surface area contributed by atoms with Crippen molar-refractivity contribution in [1.29, 1.82) is 0 Å². The number of pyridine rings is 1. The van der Waals surface area contributed by atoms with E-state index < -0.39 is 0 Å². The Balaban J connectivity index is 2.69. The van der Waals surface area contributed by atoms with Crippen LogP contribution in [0.5, 0.6) is 0 Å². The van der Waals surface area contributed by atoms with Gasteiger partial charge in [-0.2, -0.15) is 0 Å². The van der Waals surface area contributed by atoms with Crippen molar-refractivity contribution in [2.45, 2.75) is 13.3 Å². The van der Waals surface area contributed by atoms with Crippen molar-refractivity contribution in [3.63, 3.8) is 0 Å². The van der Waals surface area contributed by atoms with Gasteiger partial charge in [0, 0.05) is 12.8 Å². The average molecular weight is 194 g/mol. The van der Waals surface area contributed by atoms with Crippen LogP contribution >= 0.6 is 0 Å². The molecular formula is C10H14N2O2. The second-order valence-electron chi connectivity index (χ2n) is 2.81. The number of aryl methyl sites for hydroxylation is 1. The monoisotopic (exact) mass is 194 g/mol. The molecule has 0 bridgehead atoms. The molecule has 0 atom stereocenters. The first kappa shape index (κ1) is 10.7. The lowest BCUT2D eigenvalue weighted by molar-refractivity contribution is 0.0867. The maximum Gasteiger partial charge on any atom is 0.271 e. The Morgan fingerprint density at radius 2 is 2.36 bits per heavy atom. The van der Waals surface area contributed by atoms with Gasteiger partial charge in [0.2, 0.25) is 0 Å². The molecule has 14 heavy (non-hydrogen) atoms. The standard InChI is InChI=1S/C10H14N2O2/c1-3-8-5-4-6-9(12-8)10(13)11-7-14-2/h4-6H,3,7H2,1-2H3,(H,11,13). The number of amides is 1. The molecule has 76 valence electrons. The van der Waals surface area contributed by atoms with E-state index >= 15 is 0 Å². The first-order valence-corrected chi connectivity index (χ1v) is 4.51. The second kappa shape index (κ2) is 5.34. The van der Waals surface area contributed by atoms with Crippen molar-refractivity contribution in [1.82, 2.24) is 10.3 Å². The van der Waals surface area contributed by atoms with E-state index in [0.29, 0.717) is 5.69 Å². The summed E-state index contributed by atoms with van der Waals surface area (Å²) in [6.45, 7) is 2.20. The number of carbonyl (C=O) groups is 1. The number of nitrogens with one attached hydrogen (secondary N) is 1. The van der Waals surface area contributed by atoms with Crippen LogP contribution < -0.4 is 5.32 Å². The van der Waals surface area contributed by atoms with Crippen LogP contribution in [0.4, 0.5) is 0 Å². The van der Waals surface area contributed by atoms with Crippen molar-refractivity contribution in [2.24, 2.45) is 0 Å². The minimum Gasteiger partial charge on any atom is -0.364 e. The summed E-state index contributed by atoms with van der Waals surface area (Å²) in [4.78, 5) is 15.6. The molecule has 1 aromatic rings. The maximum absolute atomic E-state index is 11.4. The molecule has 1 heterocycles. The summed E-state index contributed by atoms with van der Waals surface area (Å²) >= 11 is 0. The number of ether oxygens (including phenoxy) is 1. The Labute approximate surface area is 83.3 Å². The predicted molar refractivity (Wildman–Crippen MR) is 53.0 cm³/mol. The molecule has 0 aliphatic rings. The SMILES string of the molecule is CCc1cccc(C(=O)NCOC)n1. The summed E-state index contributed by atoms with van der Waals surface area (Å²) in [5.41, 5.74) is 1.34. The molecule has 1 amide bonds. The van der Waals surface area contributed by atoms with Crippen LogP contribution in [0.2, 0.25) is 0 Å². The van der Waals surface area contributed by atoms with Gasteiger partial charge in [-0.15, -0.1) is 0 Å². The third kappa shape index (κ3) is 2.81. The third-order valence-electron chi connectivity index (χ3n) is 1.78. The van der Waals surface area contributed by atoms with Crippen molar-refractivity contribution in [3.05, 3.63) is 29.6 Å². The molecule has 0 unspecified atom stereocenters. The van der Waals surface area contributed by atoms with Crippen LogP contribution in [-0.4, -0.2) is 24.7 Å². The number of aromatic nitrogens is 1. The van der Waals surface area contributed by atoms with E-state index in [2.05, 4.69) is 10.3 Å². The van der Waals surface area contributed by atoms with Crippen LogP contribution in [0.25, 0.3) is 0 Å². The Morgan fingerprint density at radius 1 is 1.57 bits per heavy atom. The number of hydrogen-bond donors (Lipinski definition) is 1. The van der Waals surface area contributed by atoms with E-state index in [9.17, 15) is 4.79 Å². The molecule has 0 radical (unpaired) electrons. The molecule has 0 spiro atoms. The molecule has 1 N–H and O–H groups in total. The summed E-state index contributed by atoms with van der Waals surface area (Å²) in [7, 11) is 1.52. The van der Waals surface area contributed by atoms with Gasteiger partial charge >= 0.3 is 0 Å². The second-order valence-corrected chi connectivity index (χ2v) is 2.81. The van der Waals surface area contributed by atoms with E-state index in [0.717, 1.165) is 12.1 Å². The summed E-state index contributed by atoms with van der Waals surface area (Å²) < 4.78 is 4.73. The van der Waals surface area contributed by atoms with E-state index in [4.69, 9.17) is 4.74 Å². The van der Waals surface area contributed by atoms with Crippen LogP contribution in [0.1, 0.15) is 23.1 Å². The highest BCUT2D eigenvalue weighted by Gasteiger charge is 2.05. The van der Waals surface area contributed by atoms with Crippen LogP contribution in [0.15, 0.2) is 18.2 Å². The van der Waals surface area contributed by atoms with Gasteiger partial charge in [-0.1, -0.05) is 13.0 Å². The van der Waals surface area contributed by atoms with Gasteiger partial charge in [-0.3, -0.25) is 4.79 Å². The molecule has 1 rings (SSSR count). The van der Waals surface area contributed by atoms with E-state index in [-0.39, 0.29) is 12.6 Å². The molecule has 0 fully saturated rings. The highest BCUT2D eigenvalue weighted by molar-refractivity contribution is 5.92. The van der Waals surface area contributed by atoms with Crippen molar-refractivity contribution < 1.29 is 9.53 Å². The topological polar surface area (TPSA) is 51.2 Å². The number of methoxy groups -OCH3 is 1.